The van der Waals surface area contributed by atoms with Crippen LogP contribution in [0.15, 0.2) is 24.3 Å². The molecule has 0 saturated heterocycles. The lowest BCUT2D eigenvalue weighted by molar-refractivity contribution is 0.320. The Morgan fingerprint density at radius 3 is 2.67 bits per heavy atom. The average molecular weight is 202 g/mol. The quantitative estimate of drug-likeness (QED) is 0.684. The van der Waals surface area contributed by atoms with Crippen LogP contribution in [-0.4, -0.2) is 0 Å². The third-order valence-electron chi connectivity index (χ3n) is 4.10. The minimum absolute atomic E-state index is 0.395. The molecule has 1 aliphatic rings. The van der Waals surface area contributed by atoms with Gasteiger partial charge in [-0.05, 0) is 35.3 Å². The van der Waals surface area contributed by atoms with E-state index < -0.39 is 0 Å². The molecule has 1 aromatic rings. The van der Waals surface area contributed by atoms with E-state index in [-0.39, 0.29) is 0 Å². The van der Waals surface area contributed by atoms with Crippen molar-refractivity contribution in [3.05, 3.63) is 35.4 Å². The molecule has 0 heterocycles. The van der Waals surface area contributed by atoms with Gasteiger partial charge in [0, 0.05) is 0 Å². The van der Waals surface area contributed by atoms with Gasteiger partial charge in [0.15, 0.2) is 0 Å². The molecule has 1 atom stereocenters. The second-order valence-corrected chi connectivity index (χ2v) is 5.42. The summed E-state index contributed by atoms with van der Waals surface area (Å²) in [7, 11) is 0. The van der Waals surface area contributed by atoms with Crippen LogP contribution in [0, 0.1) is 5.92 Å². The molecule has 82 valence electrons. The van der Waals surface area contributed by atoms with Crippen LogP contribution in [0.1, 0.15) is 51.2 Å². The molecule has 0 heteroatoms. The van der Waals surface area contributed by atoms with E-state index in [1.165, 1.54) is 25.7 Å². The summed E-state index contributed by atoms with van der Waals surface area (Å²) in [6, 6.07) is 8.99. The highest BCUT2D eigenvalue weighted by molar-refractivity contribution is 5.39. The molecule has 0 aromatic heterocycles. The van der Waals surface area contributed by atoms with Crippen molar-refractivity contribution in [2.75, 3.05) is 0 Å². The second kappa shape index (κ2) is 4.00. The Kier molecular flexibility index (Phi) is 2.86. The van der Waals surface area contributed by atoms with Crippen molar-refractivity contribution in [3.63, 3.8) is 0 Å². The fraction of sp³-hybridized carbons (Fsp3) is 0.600. The van der Waals surface area contributed by atoms with Gasteiger partial charge < -0.3 is 0 Å². The van der Waals surface area contributed by atoms with Crippen LogP contribution in [-0.2, 0) is 11.8 Å². The molecule has 0 fully saturated rings. The molecule has 0 spiro atoms. The van der Waals surface area contributed by atoms with Crippen molar-refractivity contribution in [1.29, 1.82) is 0 Å². The summed E-state index contributed by atoms with van der Waals surface area (Å²) >= 11 is 0. The summed E-state index contributed by atoms with van der Waals surface area (Å²) in [5.41, 5.74) is 3.57. The molecule has 0 nitrogen and oxygen atoms in total. The van der Waals surface area contributed by atoms with E-state index in [2.05, 4.69) is 45.0 Å². The van der Waals surface area contributed by atoms with Crippen LogP contribution in [0.5, 0.6) is 0 Å². The monoisotopic (exact) mass is 202 g/mol. The first-order valence-electron chi connectivity index (χ1n) is 6.24. The maximum atomic E-state index is 2.42. The van der Waals surface area contributed by atoms with Crippen LogP contribution >= 0.6 is 0 Å². The van der Waals surface area contributed by atoms with Gasteiger partial charge in [-0.3, -0.25) is 0 Å². The van der Waals surface area contributed by atoms with E-state index in [4.69, 9.17) is 0 Å². The Bertz CT molecular complexity index is 336. The van der Waals surface area contributed by atoms with Crippen LogP contribution in [0.3, 0.4) is 0 Å². The smallest absolute Gasteiger partial charge is 0.00694 e. The third kappa shape index (κ3) is 1.82. The van der Waals surface area contributed by atoms with E-state index in [0.717, 1.165) is 5.92 Å². The number of fused-ring (bicyclic) bond motifs is 1. The molecule has 2 rings (SSSR count). The van der Waals surface area contributed by atoms with E-state index >= 15 is 0 Å². The number of hydrogen-bond acceptors (Lipinski definition) is 0. The van der Waals surface area contributed by atoms with Crippen molar-refractivity contribution >= 4 is 0 Å². The Morgan fingerprint density at radius 2 is 2.00 bits per heavy atom. The molecule has 1 aromatic carbocycles. The Hall–Kier alpha value is -0.780. The van der Waals surface area contributed by atoms with E-state index in [1.54, 1.807) is 11.1 Å². The number of unbranched alkanes of at least 4 members (excludes halogenated alkanes) is 1. The fourth-order valence-electron chi connectivity index (χ4n) is 2.98. The van der Waals surface area contributed by atoms with Crippen LogP contribution < -0.4 is 0 Å². The van der Waals surface area contributed by atoms with Gasteiger partial charge in [0.25, 0.3) is 0 Å². The minimum Gasteiger partial charge on any atom is -0.0654 e. The van der Waals surface area contributed by atoms with E-state index in [1.807, 2.05) is 0 Å². The van der Waals surface area contributed by atoms with Gasteiger partial charge in [-0.1, -0.05) is 57.9 Å². The van der Waals surface area contributed by atoms with E-state index in [9.17, 15) is 0 Å². The molecule has 1 unspecified atom stereocenters. The maximum Gasteiger partial charge on any atom is -0.00694 e. The van der Waals surface area contributed by atoms with Crippen molar-refractivity contribution in [2.45, 2.75) is 51.9 Å². The first-order chi connectivity index (χ1) is 7.16. The highest BCUT2D eigenvalue weighted by Crippen LogP contribution is 2.44. The number of hydrogen-bond donors (Lipinski definition) is 0. The Labute approximate surface area is 93.7 Å². The lowest BCUT2D eigenvalue weighted by Gasteiger charge is -2.28. The molecule has 1 aliphatic carbocycles. The summed E-state index contributed by atoms with van der Waals surface area (Å²) < 4.78 is 0. The highest BCUT2D eigenvalue weighted by atomic mass is 14.4. The standard InChI is InChI=1S/C15H22/c1-4-5-9-13-11-12-8-6-7-10-14(12)15(13,2)3/h6-8,10,13H,4-5,9,11H2,1-3H3. The molecule has 0 amide bonds. The van der Waals surface area contributed by atoms with Crippen LogP contribution in [0.25, 0.3) is 0 Å². The maximum absolute atomic E-state index is 2.42. The first kappa shape index (κ1) is 10.7. The Balaban J connectivity index is 2.22. The molecule has 0 radical (unpaired) electrons. The summed E-state index contributed by atoms with van der Waals surface area (Å²) in [6.07, 6.45) is 5.38. The van der Waals surface area contributed by atoms with Gasteiger partial charge in [-0.25, -0.2) is 0 Å². The first-order valence-corrected chi connectivity index (χ1v) is 6.24. The van der Waals surface area contributed by atoms with Gasteiger partial charge in [0.2, 0.25) is 0 Å². The molecular weight excluding hydrogens is 180 g/mol. The van der Waals surface area contributed by atoms with Gasteiger partial charge in [-0.15, -0.1) is 0 Å². The zero-order valence-corrected chi connectivity index (χ0v) is 10.2. The van der Waals surface area contributed by atoms with E-state index in [0.29, 0.717) is 5.41 Å². The lowest BCUT2D eigenvalue weighted by Crippen LogP contribution is -2.23. The molecule has 0 N–H and O–H groups in total. The predicted octanol–water partition coefficient (Wildman–Crippen LogP) is 4.33. The number of rotatable bonds is 3. The van der Waals surface area contributed by atoms with Crippen molar-refractivity contribution in [2.24, 2.45) is 5.92 Å². The summed E-state index contributed by atoms with van der Waals surface area (Å²) in [5.74, 6) is 0.856. The van der Waals surface area contributed by atoms with Crippen LogP contribution in [0.4, 0.5) is 0 Å². The molecule has 15 heavy (non-hydrogen) atoms. The second-order valence-electron chi connectivity index (χ2n) is 5.42. The summed E-state index contributed by atoms with van der Waals surface area (Å²) in [6.45, 7) is 7.12. The van der Waals surface area contributed by atoms with Crippen molar-refractivity contribution in [1.82, 2.24) is 0 Å². The SMILES string of the molecule is CCCCC1Cc2ccccc2C1(C)C. The third-order valence-corrected chi connectivity index (χ3v) is 4.10. The van der Waals surface area contributed by atoms with Gasteiger partial charge >= 0.3 is 0 Å². The number of benzene rings is 1. The lowest BCUT2D eigenvalue weighted by atomic mass is 9.76. The zero-order chi connectivity index (χ0) is 10.9. The summed E-state index contributed by atoms with van der Waals surface area (Å²) in [4.78, 5) is 0. The normalized spacial score (nSPS) is 22.7. The average Bonchev–Trinajstić information content (AvgIpc) is 2.48. The molecule has 0 aliphatic heterocycles. The highest BCUT2D eigenvalue weighted by Gasteiger charge is 2.38. The molecule has 0 saturated carbocycles. The summed E-state index contributed by atoms with van der Waals surface area (Å²) in [5, 5.41) is 0. The fourth-order valence-corrected chi connectivity index (χ4v) is 2.98. The van der Waals surface area contributed by atoms with Gasteiger partial charge in [0.1, 0.15) is 0 Å². The van der Waals surface area contributed by atoms with Crippen molar-refractivity contribution in [3.8, 4) is 0 Å². The minimum atomic E-state index is 0.395. The Morgan fingerprint density at radius 1 is 1.27 bits per heavy atom. The zero-order valence-electron chi connectivity index (χ0n) is 10.2. The van der Waals surface area contributed by atoms with Crippen LogP contribution in [0.2, 0.25) is 0 Å². The van der Waals surface area contributed by atoms with Gasteiger partial charge in [-0.2, -0.15) is 0 Å². The van der Waals surface area contributed by atoms with Crippen molar-refractivity contribution < 1.29 is 0 Å². The molecular formula is C15H22. The molecule has 0 bridgehead atoms. The topological polar surface area (TPSA) is 0 Å². The largest absolute Gasteiger partial charge is 0.0654 e. The van der Waals surface area contributed by atoms with Gasteiger partial charge in [0.05, 0.1) is 0 Å². The predicted molar refractivity (Wildman–Crippen MR) is 66.2 cm³/mol.